The van der Waals surface area contributed by atoms with Gasteiger partial charge >= 0.3 is 5.97 Å². The van der Waals surface area contributed by atoms with Crippen LogP contribution in [0.1, 0.15) is 132 Å². The molecule has 4 heterocycles. The van der Waals surface area contributed by atoms with Crippen LogP contribution in [-0.4, -0.2) is 146 Å². The smallest absolute Gasteiger partial charge is 0.329 e. The van der Waals surface area contributed by atoms with Crippen LogP contribution in [0.3, 0.4) is 0 Å². The number of cyclic esters (lactones) is 1. The van der Waals surface area contributed by atoms with E-state index in [1.54, 1.807) is 41.1 Å². The Morgan fingerprint density at radius 3 is 2.29 bits per heavy atom. The molecule has 3 saturated heterocycles. The molecule has 1 aliphatic carbocycles. The Labute approximate surface area is 417 Å². The minimum absolute atomic E-state index is 0.0207. The van der Waals surface area contributed by atoms with Crippen LogP contribution < -0.4 is 0 Å². The van der Waals surface area contributed by atoms with Gasteiger partial charge in [0.2, 0.25) is 5.79 Å². The second-order valence-electron chi connectivity index (χ2n) is 21.2. The van der Waals surface area contributed by atoms with Gasteiger partial charge in [-0.2, -0.15) is 0 Å². The standard InChI is InChI=1S/C55H85NO14/c1-33-16-12-11-13-17-34(2)46(64-8)30-41-21-19-39(7)55(63,70-41)52(60)53(61)56-24-15-14-18-43(56)54(62)69-47(31-44(57)35(3)27-38(6)50(59)51(66-10)49(58)37(5)26-33)36(4)28-40-20-22-45(48(29-40)65-9)68-42-23-25-67-32-42/h11-13,16-17,27,33,35-37,39-43,45-48,50-51,59,63H,14-15,18-26,28-32H2,1-10H3/b13-11+,16-12+,34-17+,38-27+/t33-,35-,36+,37-,39-,40?,41+,42?,43+,45?,46?,47+,48?,50?,51+,55-/m1/s1. The maximum absolute atomic E-state index is 14.5. The van der Waals surface area contributed by atoms with Crippen LogP contribution in [-0.2, 0) is 57.1 Å². The van der Waals surface area contributed by atoms with Crippen LogP contribution in [0, 0.1) is 35.5 Å². The third kappa shape index (κ3) is 15.1. The second kappa shape index (κ2) is 27.0. The van der Waals surface area contributed by atoms with Crippen molar-refractivity contribution in [3.8, 4) is 0 Å². The summed E-state index contributed by atoms with van der Waals surface area (Å²) in [4.78, 5) is 72.4. The van der Waals surface area contributed by atoms with Crippen molar-refractivity contribution in [2.75, 3.05) is 41.1 Å². The Kier molecular flexibility index (Phi) is 22.2. The van der Waals surface area contributed by atoms with Gasteiger partial charge < -0.3 is 48.3 Å². The average Bonchev–Trinajstić information content (AvgIpc) is 3.86. The number of hydrogen-bond donors (Lipinski definition) is 2. The van der Waals surface area contributed by atoms with Crippen molar-refractivity contribution < 1.29 is 67.3 Å². The highest BCUT2D eigenvalue weighted by Crippen LogP contribution is 2.38. The van der Waals surface area contributed by atoms with Gasteiger partial charge in [0.05, 0.1) is 37.1 Å². The molecule has 0 aromatic heterocycles. The second-order valence-corrected chi connectivity index (χ2v) is 21.2. The highest BCUT2D eigenvalue weighted by Gasteiger charge is 2.53. The lowest BCUT2D eigenvalue weighted by Crippen LogP contribution is -2.61. The number of Topliss-reactive ketones (excluding diaryl/α,β-unsaturated/α-hetero) is 3. The lowest BCUT2D eigenvalue weighted by molar-refractivity contribution is -0.265. The fourth-order valence-electron chi connectivity index (χ4n) is 11.1. The molecule has 16 atom stereocenters. The first kappa shape index (κ1) is 57.5. The number of rotatable bonds is 8. The molecule has 70 heavy (non-hydrogen) atoms. The minimum Gasteiger partial charge on any atom is -0.460 e. The molecular weight excluding hydrogens is 899 g/mol. The number of fused-ring (bicyclic) bond motifs is 3. The third-order valence-corrected chi connectivity index (χ3v) is 15.7. The molecule has 5 rings (SSSR count). The van der Waals surface area contributed by atoms with E-state index in [0.717, 1.165) is 24.8 Å². The van der Waals surface area contributed by atoms with Gasteiger partial charge in [-0.15, -0.1) is 0 Å². The van der Waals surface area contributed by atoms with Crippen molar-refractivity contribution in [2.45, 2.75) is 193 Å². The quantitative estimate of drug-likeness (QED) is 0.144. The number of carbonyl (C=O) groups excluding carboxylic acids is 5. The largest absolute Gasteiger partial charge is 0.460 e. The summed E-state index contributed by atoms with van der Waals surface area (Å²) in [6, 6.07) is -1.13. The fourth-order valence-corrected chi connectivity index (χ4v) is 11.1. The molecule has 4 aliphatic heterocycles. The first-order valence-corrected chi connectivity index (χ1v) is 26.0. The number of piperidine rings is 1. The van der Waals surface area contributed by atoms with E-state index < -0.39 is 77.8 Å². The van der Waals surface area contributed by atoms with Crippen LogP contribution in [0.2, 0.25) is 0 Å². The molecule has 15 heteroatoms. The molecule has 2 N–H and O–H groups in total. The van der Waals surface area contributed by atoms with Gasteiger partial charge in [-0.25, -0.2) is 4.79 Å². The first-order chi connectivity index (χ1) is 33.3. The highest BCUT2D eigenvalue weighted by molar-refractivity contribution is 6.39. The number of carbonyl (C=O) groups is 5. The molecule has 1 saturated carbocycles. The summed E-state index contributed by atoms with van der Waals surface area (Å²) in [6.07, 6.45) is 13.4. The molecule has 0 radical (unpaired) electrons. The van der Waals surface area contributed by atoms with Crippen LogP contribution in [0.25, 0.3) is 0 Å². The molecular formula is C55H85NO14. The maximum Gasteiger partial charge on any atom is 0.329 e. The molecule has 0 aromatic carbocycles. The summed E-state index contributed by atoms with van der Waals surface area (Å²) in [6.45, 7) is 14.1. The molecule has 0 spiro atoms. The number of amides is 1. The lowest BCUT2D eigenvalue weighted by atomic mass is 9.78. The van der Waals surface area contributed by atoms with Crippen LogP contribution in [0.4, 0.5) is 0 Å². The number of ether oxygens (including phenoxy) is 7. The Bertz CT molecular complexity index is 1890. The maximum atomic E-state index is 14.5. The van der Waals surface area contributed by atoms with Crippen molar-refractivity contribution in [3.05, 3.63) is 47.6 Å². The van der Waals surface area contributed by atoms with Gasteiger partial charge in [0.15, 0.2) is 5.78 Å². The van der Waals surface area contributed by atoms with E-state index in [1.165, 1.54) is 12.0 Å². The van der Waals surface area contributed by atoms with E-state index in [0.29, 0.717) is 70.2 Å². The number of aliphatic hydroxyl groups is 2. The van der Waals surface area contributed by atoms with Crippen molar-refractivity contribution in [1.82, 2.24) is 4.90 Å². The Morgan fingerprint density at radius 2 is 1.60 bits per heavy atom. The monoisotopic (exact) mass is 984 g/mol. The minimum atomic E-state index is -2.43. The highest BCUT2D eigenvalue weighted by atomic mass is 16.6. The fraction of sp³-hybridized carbons (Fsp3) is 0.764. The van der Waals surface area contributed by atoms with E-state index >= 15 is 0 Å². The summed E-state index contributed by atoms with van der Waals surface area (Å²) in [5.41, 5.74) is 1.28. The van der Waals surface area contributed by atoms with E-state index in [1.807, 2.05) is 58.1 Å². The zero-order chi connectivity index (χ0) is 51.3. The molecule has 15 nitrogen and oxygen atoms in total. The normalized spacial score (nSPS) is 40.6. The van der Waals surface area contributed by atoms with Crippen LogP contribution in [0.5, 0.6) is 0 Å². The molecule has 394 valence electrons. The molecule has 2 bridgehead atoms. The summed E-state index contributed by atoms with van der Waals surface area (Å²) in [5.74, 6) is -7.80. The van der Waals surface area contributed by atoms with Gasteiger partial charge in [0.1, 0.15) is 30.1 Å². The van der Waals surface area contributed by atoms with Crippen molar-refractivity contribution >= 4 is 29.2 Å². The summed E-state index contributed by atoms with van der Waals surface area (Å²) in [5, 5.41) is 23.5. The van der Waals surface area contributed by atoms with Crippen molar-refractivity contribution in [2.24, 2.45) is 35.5 Å². The third-order valence-electron chi connectivity index (χ3n) is 15.7. The van der Waals surface area contributed by atoms with Gasteiger partial charge in [-0.05, 0) is 113 Å². The number of ketones is 3. The number of allylic oxidation sites excluding steroid dienone is 6. The first-order valence-electron chi connectivity index (χ1n) is 26.0. The number of nitrogens with zero attached hydrogens (tertiary/aromatic N) is 1. The topological polar surface area (TPSA) is 194 Å². The number of methoxy groups -OCH3 is 3. The number of esters is 1. The molecule has 1 amide bonds. The molecule has 6 unspecified atom stereocenters. The predicted molar refractivity (Wildman–Crippen MR) is 263 cm³/mol. The van der Waals surface area contributed by atoms with Crippen LogP contribution in [0.15, 0.2) is 47.6 Å². The Hall–Kier alpha value is -3.41. The number of aliphatic hydroxyl groups excluding tert-OH is 1. The zero-order valence-electron chi connectivity index (χ0n) is 43.7. The average molecular weight is 984 g/mol. The Morgan fingerprint density at radius 1 is 0.843 bits per heavy atom. The van der Waals surface area contributed by atoms with Gasteiger partial charge in [0.25, 0.3) is 11.7 Å². The van der Waals surface area contributed by atoms with Crippen molar-refractivity contribution in [1.29, 1.82) is 0 Å². The summed E-state index contributed by atoms with van der Waals surface area (Å²) < 4.78 is 41.9. The molecule has 4 fully saturated rings. The molecule has 5 aliphatic rings. The van der Waals surface area contributed by atoms with E-state index in [2.05, 4.69) is 0 Å². The zero-order valence-corrected chi connectivity index (χ0v) is 43.7. The van der Waals surface area contributed by atoms with Gasteiger partial charge in [0, 0.05) is 65.1 Å². The van der Waals surface area contributed by atoms with E-state index in [4.69, 9.17) is 33.2 Å². The van der Waals surface area contributed by atoms with E-state index in [-0.39, 0.29) is 67.0 Å². The predicted octanol–water partition coefficient (Wildman–Crippen LogP) is 6.99. The van der Waals surface area contributed by atoms with Crippen LogP contribution >= 0.6 is 0 Å². The summed E-state index contributed by atoms with van der Waals surface area (Å²) >= 11 is 0. The van der Waals surface area contributed by atoms with Crippen molar-refractivity contribution in [3.63, 3.8) is 0 Å². The van der Waals surface area contributed by atoms with Gasteiger partial charge in [-0.1, -0.05) is 71.1 Å². The summed E-state index contributed by atoms with van der Waals surface area (Å²) in [7, 11) is 4.66. The van der Waals surface area contributed by atoms with E-state index in [9.17, 15) is 34.2 Å². The van der Waals surface area contributed by atoms with Gasteiger partial charge in [-0.3, -0.25) is 19.2 Å². The SMILES string of the molecule is COC1C[C@@H]2CC[C@@H](C)[C@@](O)(O2)C(=O)C(=O)N2CCCC[C@H]2C(=O)O[C@H]([C@@H](C)CC2CCC(OC3CCOC3)C(OC)C2)CC(=O)[C@H](C)/C=C(\C)C(O)[C@@H](OC)C(=O)[C@H](C)C[C@H](C)/C=C/C=C/C=C/1C. The lowest BCUT2D eigenvalue weighted by Gasteiger charge is -2.42. The Balaban J connectivity index is 1.45. The number of hydrogen-bond acceptors (Lipinski definition) is 14. The molecule has 0 aromatic rings.